The van der Waals surface area contributed by atoms with Crippen LogP contribution < -0.4 is 10.5 Å². The zero-order valence-electron chi connectivity index (χ0n) is 14.7. The van der Waals surface area contributed by atoms with E-state index in [4.69, 9.17) is 26.8 Å². The van der Waals surface area contributed by atoms with Gasteiger partial charge in [-0.15, -0.1) is 0 Å². The molecule has 0 amide bonds. The number of halogens is 1. The summed E-state index contributed by atoms with van der Waals surface area (Å²) in [5.41, 5.74) is 6.30. The number of rotatable bonds is 7. The SMILES string of the molecule is COC[C@@]1(CN)[C@@H](c2ccc(OC)cc2)[C@@H]1S(=O)(=O)c1ccc(Cl)cc1. The Labute approximate surface area is 159 Å². The third-order valence-electron chi connectivity index (χ3n) is 5.12. The summed E-state index contributed by atoms with van der Waals surface area (Å²) < 4.78 is 37.1. The van der Waals surface area contributed by atoms with Crippen LogP contribution in [0.1, 0.15) is 11.5 Å². The number of nitrogens with two attached hydrogens (primary N) is 1. The number of hydrogen-bond donors (Lipinski definition) is 1. The quantitative estimate of drug-likeness (QED) is 0.779. The lowest BCUT2D eigenvalue weighted by Gasteiger charge is -2.15. The molecule has 1 aliphatic carbocycles. The molecule has 0 aliphatic heterocycles. The summed E-state index contributed by atoms with van der Waals surface area (Å²) >= 11 is 5.90. The molecular weight excluding hydrogens is 374 g/mol. The van der Waals surface area contributed by atoms with Crippen molar-refractivity contribution >= 4 is 21.4 Å². The molecule has 0 bridgehead atoms. The Morgan fingerprint density at radius 1 is 1.08 bits per heavy atom. The van der Waals surface area contributed by atoms with Gasteiger partial charge in [0.2, 0.25) is 0 Å². The number of ether oxygens (including phenoxy) is 2. The first-order valence-electron chi connectivity index (χ1n) is 8.23. The van der Waals surface area contributed by atoms with E-state index in [2.05, 4.69) is 0 Å². The van der Waals surface area contributed by atoms with Gasteiger partial charge in [0.15, 0.2) is 9.84 Å². The molecule has 140 valence electrons. The molecule has 26 heavy (non-hydrogen) atoms. The maximum absolute atomic E-state index is 13.3. The van der Waals surface area contributed by atoms with Crippen molar-refractivity contribution in [3.63, 3.8) is 0 Å². The van der Waals surface area contributed by atoms with E-state index in [1.165, 1.54) is 12.1 Å². The van der Waals surface area contributed by atoms with Gasteiger partial charge in [-0.3, -0.25) is 0 Å². The van der Waals surface area contributed by atoms with E-state index in [0.717, 1.165) is 11.3 Å². The standard InChI is InChI=1S/C19H22ClNO4S/c1-24-12-19(11-21)17(13-3-7-15(25-2)8-4-13)18(19)26(22,23)16-9-5-14(20)6-10-16/h3-10,17-18H,11-12,21H2,1-2H3/t17-,18-,19-/m0/s1. The van der Waals surface area contributed by atoms with Crippen molar-refractivity contribution in [2.24, 2.45) is 11.1 Å². The molecule has 0 saturated heterocycles. The Balaban J connectivity index is 2.03. The number of sulfone groups is 1. The van der Waals surface area contributed by atoms with Crippen LogP contribution in [0.3, 0.4) is 0 Å². The van der Waals surface area contributed by atoms with Crippen LogP contribution >= 0.6 is 11.6 Å². The predicted octanol–water partition coefficient (Wildman–Crippen LogP) is 2.88. The third kappa shape index (κ3) is 3.11. The van der Waals surface area contributed by atoms with Gasteiger partial charge in [-0.25, -0.2) is 8.42 Å². The molecule has 3 atom stereocenters. The van der Waals surface area contributed by atoms with E-state index in [-0.39, 0.29) is 24.0 Å². The highest BCUT2D eigenvalue weighted by molar-refractivity contribution is 7.92. The third-order valence-corrected chi connectivity index (χ3v) is 7.72. The van der Waals surface area contributed by atoms with E-state index < -0.39 is 20.5 Å². The maximum atomic E-state index is 13.3. The van der Waals surface area contributed by atoms with Crippen LogP contribution in [0.4, 0.5) is 0 Å². The summed E-state index contributed by atoms with van der Waals surface area (Å²) in [6, 6.07) is 13.7. The van der Waals surface area contributed by atoms with Crippen molar-refractivity contribution < 1.29 is 17.9 Å². The molecule has 0 radical (unpaired) electrons. The molecule has 7 heteroatoms. The second-order valence-electron chi connectivity index (χ2n) is 6.54. The minimum atomic E-state index is -3.59. The fourth-order valence-electron chi connectivity index (χ4n) is 3.77. The van der Waals surface area contributed by atoms with E-state index in [1.807, 2.05) is 24.3 Å². The number of benzene rings is 2. The fraction of sp³-hybridized carbons (Fsp3) is 0.368. The molecule has 2 aromatic carbocycles. The summed E-state index contributed by atoms with van der Waals surface area (Å²) in [5.74, 6) is 0.482. The van der Waals surface area contributed by atoms with E-state index in [1.54, 1.807) is 26.4 Å². The summed E-state index contributed by atoms with van der Waals surface area (Å²) in [6.07, 6.45) is 0. The predicted molar refractivity (Wildman–Crippen MR) is 102 cm³/mol. The van der Waals surface area contributed by atoms with E-state index >= 15 is 0 Å². The van der Waals surface area contributed by atoms with Gasteiger partial charge in [0.1, 0.15) is 5.75 Å². The van der Waals surface area contributed by atoms with Gasteiger partial charge in [0.25, 0.3) is 0 Å². The molecule has 2 aromatic rings. The highest BCUT2D eigenvalue weighted by Crippen LogP contribution is 2.63. The molecular formula is C19H22ClNO4S. The van der Waals surface area contributed by atoms with Gasteiger partial charge < -0.3 is 15.2 Å². The molecule has 1 fully saturated rings. The van der Waals surface area contributed by atoms with Crippen LogP contribution in [0.5, 0.6) is 5.75 Å². The van der Waals surface area contributed by atoms with Crippen LogP contribution in [0.15, 0.2) is 53.4 Å². The van der Waals surface area contributed by atoms with Gasteiger partial charge in [-0.05, 0) is 42.0 Å². The number of hydrogen-bond acceptors (Lipinski definition) is 5. The van der Waals surface area contributed by atoms with Gasteiger partial charge in [0.05, 0.1) is 23.9 Å². The first kappa shape index (κ1) is 19.2. The first-order chi connectivity index (χ1) is 12.4. The van der Waals surface area contributed by atoms with Crippen LogP contribution in [0, 0.1) is 5.41 Å². The molecule has 0 spiro atoms. The monoisotopic (exact) mass is 395 g/mol. The summed E-state index contributed by atoms with van der Waals surface area (Å²) in [7, 11) is -0.433. The van der Waals surface area contributed by atoms with Crippen molar-refractivity contribution in [3.8, 4) is 5.75 Å². The van der Waals surface area contributed by atoms with E-state index in [9.17, 15) is 8.42 Å². The van der Waals surface area contributed by atoms with Crippen LogP contribution in [-0.4, -0.2) is 41.0 Å². The topological polar surface area (TPSA) is 78.6 Å². The normalized spacial score (nSPS) is 25.1. The Kier molecular flexibility index (Phi) is 5.30. The smallest absolute Gasteiger partial charge is 0.182 e. The summed E-state index contributed by atoms with van der Waals surface area (Å²) in [4.78, 5) is 0.247. The van der Waals surface area contributed by atoms with Crippen LogP contribution in [-0.2, 0) is 14.6 Å². The highest BCUT2D eigenvalue weighted by Gasteiger charge is 2.70. The summed E-state index contributed by atoms with van der Waals surface area (Å²) in [5, 5.41) is -0.150. The zero-order chi connectivity index (χ0) is 18.9. The lowest BCUT2D eigenvalue weighted by atomic mass is 10.00. The van der Waals surface area contributed by atoms with Crippen molar-refractivity contribution in [2.45, 2.75) is 16.1 Å². The lowest BCUT2D eigenvalue weighted by molar-refractivity contribution is 0.142. The minimum Gasteiger partial charge on any atom is -0.497 e. The van der Waals surface area contributed by atoms with Crippen molar-refractivity contribution in [3.05, 3.63) is 59.1 Å². The average Bonchev–Trinajstić information content (AvgIpc) is 3.32. The molecule has 1 aliphatic rings. The Morgan fingerprint density at radius 2 is 1.69 bits per heavy atom. The first-order valence-corrected chi connectivity index (χ1v) is 10.2. The minimum absolute atomic E-state index is 0.217. The Morgan fingerprint density at radius 3 is 2.19 bits per heavy atom. The maximum Gasteiger partial charge on any atom is 0.182 e. The highest BCUT2D eigenvalue weighted by atomic mass is 35.5. The van der Waals surface area contributed by atoms with Crippen molar-refractivity contribution in [2.75, 3.05) is 27.4 Å². The molecule has 2 N–H and O–H groups in total. The second-order valence-corrected chi connectivity index (χ2v) is 9.05. The van der Waals surface area contributed by atoms with Crippen LogP contribution in [0.2, 0.25) is 5.02 Å². The van der Waals surface area contributed by atoms with Crippen LogP contribution in [0.25, 0.3) is 0 Å². The molecule has 0 heterocycles. The van der Waals surface area contributed by atoms with Crippen molar-refractivity contribution in [1.82, 2.24) is 0 Å². The average molecular weight is 396 g/mol. The van der Waals surface area contributed by atoms with Gasteiger partial charge in [-0.1, -0.05) is 23.7 Å². The molecule has 0 unspecified atom stereocenters. The van der Waals surface area contributed by atoms with E-state index in [0.29, 0.717) is 5.02 Å². The largest absolute Gasteiger partial charge is 0.497 e. The molecule has 1 saturated carbocycles. The lowest BCUT2D eigenvalue weighted by Crippen LogP contribution is -2.28. The Bertz CT molecular complexity index is 867. The molecule has 3 rings (SSSR count). The van der Waals surface area contributed by atoms with Gasteiger partial charge >= 0.3 is 0 Å². The second kappa shape index (κ2) is 7.19. The van der Waals surface area contributed by atoms with Crippen molar-refractivity contribution in [1.29, 1.82) is 0 Å². The Hall–Kier alpha value is -1.60. The number of methoxy groups -OCH3 is 2. The van der Waals surface area contributed by atoms with Gasteiger partial charge in [0, 0.05) is 30.0 Å². The molecule has 5 nitrogen and oxygen atoms in total. The summed E-state index contributed by atoms with van der Waals surface area (Å²) in [6.45, 7) is 0.493. The fourth-order valence-corrected chi connectivity index (χ4v) is 6.34. The van der Waals surface area contributed by atoms with Gasteiger partial charge in [-0.2, -0.15) is 0 Å². The molecule has 0 aromatic heterocycles. The zero-order valence-corrected chi connectivity index (χ0v) is 16.3.